The summed E-state index contributed by atoms with van der Waals surface area (Å²) in [5.74, 6) is -0.154. The van der Waals surface area contributed by atoms with E-state index in [2.05, 4.69) is 5.32 Å². The van der Waals surface area contributed by atoms with Crippen molar-refractivity contribution in [1.82, 2.24) is 15.1 Å². The quantitative estimate of drug-likeness (QED) is 0.552. The van der Waals surface area contributed by atoms with Gasteiger partial charge in [0, 0.05) is 12.1 Å². The Morgan fingerprint density at radius 2 is 1.54 bits per heavy atom. The van der Waals surface area contributed by atoms with Crippen molar-refractivity contribution in [3.63, 3.8) is 0 Å². The second kappa shape index (κ2) is 7.92. The van der Waals surface area contributed by atoms with Gasteiger partial charge >= 0.3 is 0 Å². The van der Waals surface area contributed by atoms with E-state index >= 15 is 0 Å². The fourth-order valence-electron chi connectivity index (χ4n) is 3.04. The number of benzene rings is 3. The molecule has 0 bridgehead atoms. The lowest BCUT2D eigenvalue weighted by molar-refractivity contribution is 0.0943. The standard InChI is InChI=1S/C24H21N3O/c1-18-12-14-19(15-13-18)17-25-24(28)23-16-22(20-8-4-2-5-9-20)26-27(23)21-10-6-3-7-11-21/h2-16H,17H2,1H3,(H,25,28). The van der Waals surface area contributed by atoms with Crippen LogP contribution in [0.5, 0.6) is 0 Å². The van der Waals surface area contributed by atoms with Crippen molar-refractivity contribution in [3.8, 4) is 16.9 Å². The van der Waals surface area contributed by atoms with Crippen LogP contribution < -0.4 is 5.32 Å². The van der Waals surface area contributed by atoms with Crippen LogP contribution in [0.15, 0.2) is 91.0 Å². The van der Waals surface area contributed by atoms with Gasteiger partial charge in [-0.3, -0.25) is 4.79 Å². The molecular formula is C24H21N3O. The maximum absolute atomic E-state index is 13.0. The van der Waals surface area contributed by atoms with Crippen LogP contribution in [0.3, 0.4) is 0 Å². The van der Waals surface area contributed by atoms with Gasteiger partial charge in [0.2, 0.25) is 0 Å². The van der Waals surface area contributed by atoms with Crippen LogP contribution in [0.2, 0.25) is 0 Å². The molecule has 28 heavy (non-hydrogen) atoms. The van der Waals surface area contributed by atoms with E-state index in [1.165, 1.54) is 5.56 Å². The average Bonchev–Trinajstić information content (AvgIpc) is 3.20. The first-order chi connectivity index (χ1) is 13.7. The molecule has 4 heteroatoms. The molecule has 0 aliphatic carbocycles. The third-order valence-corrected chi connectivity index (χ3v) is 4.59. The number of amides is 1. The summed E-state index contributed by atoms with van der Waals surface area (Å²) in [5, 5.41) is 7.70. The summed E-state index contributed by atoms with van der Waals surface area (Å²) in [5.41, 5.74) is 5.37. The zero-order chi connectivity index (χ0) is 19.3. The van der Waals surface area contributed by atoms with Gasteiger partial charge in [-0.15, -0.1) is 0 Å². The maximum atomic E-state index is 13.0. The van der Waals surface area contributed by atoms with Gasteiger partial charge in [-0.1, -0.05) is 78.4 Å². The third-order valence-electron chi connectivity index (χ3n) is 4.59. The monoisotopic (exact) mass is 367 g/mol. The van der Waals surface area contributed by atoms with Gasteiger partial charge < -0.3 is 5.32 Å². The zero-order valence-electron chi connectivity index (χ0n) is 15.7. The first-order valence-corrected chi connectivity index (χ1v) is 9.25. The Morgan fingerprint density at radius 1 is 0.893 bits per heavy atom. The first-order valence-electron chi connectivity index (χ1n) is 9.25. The topological polar surface area (TPSA) is 46.9 Å². The minimum Gasteiger partial charge on any atom is -0.347 e. The second-order valence-corrected chi connectivity index (χ2v) is 6.70. The summed E-state index contributed by atoms with van der Waals surface area (Å²) in [6.45, 7) is 2.52. The summed E-state index contributed by atoms with van der Waals surface area (Å²) in [6.07, 6.45) is 0. The molecule has 0 radical (unpaired) electrons. The zero-order valence-corrected chi connectivity index (χ0v) is 15.7. The van der Waals surface area contributed by atoms with Crippen molar-refractivity contribution in [1.29, 1.82) is 0 Å². The van der Waals surface area contributed by atoms with Gasteiger partial charge in [0.15, 0.2) is 0 Å². The summed E-state index contributed by atoms with van der Waals surface area (Å²) < 4.78 is 1.70. The van der Waals surface area contributed by atoms with Gasteiger partial charge in [-0.25, -0.2) is 4.68 Å². The van der Waals surface area contributed by atoms with Crippen LogP contribution in [0, 0.1) is 6.92 Å². The van der Waals surface area contributed by atoms with E-state index in [4.69, 9.17) is 5.10 Å². The van der Waals surface area contributed by atoms with E-state index < -0.39 is 0 Å². The molecule has 3 aromatic carbocycles. The molecular weight excluding hydrogens is 346 g/mol. The van der Waals surface area contributed by atoms with E-state index in [0.29, 0.717) is 12.2 Å². The largest absolute Gasteiger partial charge is 0.347 e. The molecule has 1 N–H and O–H groups in total. The number of carbonyl (C=O) groups excluding carboxylic acids is 1. The molecule has 138 valence electrons. The molecule has 4 nitrogen and oxygen atoms in total. The molecule has 0 spiro atoms. The average molecular weight is 367 g/mol. The van der Waals surface area contributed by atoms with Gasteiger partial charge in [0.1, 0.15) is 5.69 Å². The summed E-state index contributed by atoms with van der Waals surface area (Å²) in [7, 11) is 0. The minimum absolute atomic E-state index is 0.154. The molecule has 0 unspecified atom stereocenters. The van der Waals surface area contributed by atoms with Crippen LogP contribution in [-0.2, 0) is 6.54 Å². The molecule has 0 saturated carbocycles. The van der Waals surface area contributed by atoms with E-state index in [-0.39, 0.29) is 5.91 Å². The van der Waals surface area contributed by atoms with Crippen LogP contribution in [0.1, 0.15) is 21.6 Å². The van der Waals surface area contributed by atoms with Crippen LogP contribution >= 0.6 is 0 Å². The molecule has 0 atom stereocenters. The van der Waals surface area contributed by atoms with Crippen molar-refractivity contribution in [2.75, 3.05) is 0 Å². The van der Waals surface area contributed by atoms with E-state index in [1.54, 1.807) is 4.68 Å². The van der Waals surface area contributed by atoms with Crippen LogP contribution in [-0.4, -0.2) is 15.7 Å². The Labute approximate surface area is 164 Å². The molecule has 4 aromatic rings. The highest BCUT2D eigenvalue weighted by atomic mass is 16.2. The highest BCUT2D eigenvalue weighted by Gasteiger charge is 2.17. The minimum atomic E-state index is -0.154. The highest BCUT2D eigenvalue weighted by molar-refractivity contribution is 5.94. The number of nitrogens with zero attached hydrogens (tertiary/aromatic N) is 2. The first kappa shape index (κ1) is 17.7. The lowest BCUT2D eigenvalue weighted by atomic mass is 10.1. The normalized spacial score (nSPS) is 10.6. The molecule has 1 heterocycles. The van der Waals surface area contributed by atoms with Gasteiger partial charge in [0.25, 0.3) is 5.91 Å². The lowest BCUT2D eigenvalue weighted by Gasteiger charge is -2.08. The number of hydrogen-bond donors (Lipinski definition) is 1. The number of rotatable bonds is 5. The summed E-state index contributed by atoms with van der Waals surface area (Å²) in [6, 6.07) is 29.6. The predicted octanol–water partition coefficient (Wildman–Crippen LogP) is 4.78. The Bertz CT molecular complexity index is 1070. The van der Waals surface area contributed by atoms with Crippen molar-refractivity contribution >= 4 is 5.91 Å². The van der Waals surface area contributed by atoms with Gasteiger partial charge in [0.05, 0.1) is 11.4 Å². The number of hydrogen-bond acceptors (Lipinski definition) is 2. The SMILES string of the molecule is Cc1ccc(CNC(=O)c2cc(-c3ccccc3)nn2-c2ccccc2)cc1. The Balaban J connectivity index is 1.65. The molecule has 4 rings (SSSR count). The Morgan fingerprint density at radius 3 is 2.21 bits per heavy atom. The van der Waals surface area contributed by atoms with Crippen molar-refractivity contribution in [3.05, 3.63) is 108 Å². The molecule has 0 saturated heterocycles. The fourth-order valence-corrected chi connectivity index (χ4v) is 3.04. The van der Waals surface area contributed by atoms with Gasteiger partial charge in [-0.05, 0) is 30.7 Å². The Hall–Kier alpha value is -3.66. The van der Waals surface area contributed by atoms with E-state index in [1.807, 2.05) is 97.9 Å². The van der Waals surface area contributed by atoms with Crippen molar-refractivity contribution in [2.24, 2.45) is 0 Å². The van der Waals surface area contributed by atoms with Crippen molar-refractivity contribution in [2.45, 2.75) is 13.5 Å². The second-order valence-electron chi connectivity index (χ2n) is 6.70. The third kappa shape index (κ3) is 3.86. The number of nitrogens with one attached hydrogen (secondary N) is 1. The molecule has 0 aliphatic rings. The van der Waals surface area contributed by atoms with E-state index in [0.717, 1.165) is 22.5 Å². The predicted molar refractivity (Wildman–Crippen MR) is 111 cm³/mol. The lowest BCUT2D eigenvalue weighted by Crippen LogP contribution is -2.25. The molecule has 1 aromatic heterocycles. The smallest absolute Gasteiger partial charge is 0.270 e. The highest BCUT2D eigenvalue weighted by Crippen LogP contribution is 2.21. The summed E-state index contributed by atoms with van der Waals surface area (Å²) >= 11 is 0. The number of carbonyl (C=O) groups is 1. The van der Waals surface area contributed by atoms with Gasteiger partial charge in [-0.2, -0.15) is 5.10 Å². The van der Waals surface area contributed by atoms with Crippen LogP contribution in [0.25, 0.3) is 16.9 Å². The molecule has 0 fully saturated rings. The number of aryl methyl sites for hydroxylation is 1. The maximum Gasteiger partial charge on any atom is 0.270 e. The van der Waals surface area contributed by atoms with E-state index in [9.17, 15) is 4.79 Å². The fraction of sp³-hybridized carbons (Fsp3) is 0.0833. The summed E-state index contributed by atoms with van der Waals surface area (Å²) in [4.78, 5) is 13.0. The number of aromatic nitrogens is 2. The number of para-hydroxylation sites is 1. The van der Waals surface area contributed by atoms with Crippen molar-refractivity contribution < 1.29 is 4.79 Å². The molecule has 1 amide bonds. The van der Waals surface area contributed by atoms with Crippen LogP contribution in [0.4, 0.5) is 0 Å². The Kier molecular flexibility index (Phi) is 5.02. The molecule has 0 aliphatic heterocycles.